The van der Waals surface area contributed by atoms with Crippen LogP contribution in [-0.2, 0) is 48.7 Å². The second-order valence-corrected chi connectivity index (χ2v) is 34.4. The molecule has 0 saturated heterocycles. The Morgan fingerprint density at radius 3 is 1.48 bits per heavy atom. The van der Waals surface area contributed by atoms with E-state index in [0.29, 0.717) is 0 Å². The summed E-state index contributed by atoms with van der Waals surface area (Å²) in [5, 5.41) is 2.90. The molecule has 2 saturated carbocycles. The fourth-order valence-corrected chi connectivity index (χ4v) is 21.1. The predicted octanol–water partition coefficient (Wildman–Crippen LogP) is 19.5. The van der Waals surface area contributed by atoms with Gasteiger partial charge in [0.1, 0.15) is 0 Å². The van der Waals surface area contributed by atoms with E-state index in [4.69, 9.17) is 0 Å². The summed E-state index contributed by atoms with van der Waals surface area (Å²) in [6.07, 6.45) is 15.9. The highest BCUT2D eigenvalue weighted by atomic mass is 32.1. The van der Waals surface area contributed by atoms with Crippen LogP contribution in [0.5, 0.6) is 0 Å². The van der Waals surface area contributed by atoms with E-state index in [0.717, 1.165) is 6.42 Å². The molecule has 4 heterocycles. The minimum atomic E-state index is -0.112. The lowest BCUT2D eigenvalue weighted by atomic mass is 9.33. The quantitative estimate of drug-likeness (QED) is 0.163. The van der Waals surface area contributed by atoms with Crippen LogP contribution in [0.4, 0.5) is 44.8 Å². The molecular weight excluding hydrogens is 1010 g/mol. The minimum Gasteiger partial charge on any atom is -0.334 e. The number of thiophene rings is 1. The van der Waals surface area contributed by atoms with E-state index in [1.807, 2.05) is 0 Å². The average Bonchev–Trinajstić information content (AvgIpc) is 1.50. The summed E-state index contributed by atoms with van der Waals surface area (Å²) in [7, 11) is 0. The number of anilines is 8. The summed E-state index contributed by atoms with van der Waals surface area (Å²) in [4.78, 5) is 8.57. The van der Waals surface area contributed by atoms with Crippen molar-refractivity contribution in [1.29, 1.82) is 0 Å². The molecule has 82 heavy (non-hydrogen) atoms. The maximum atomic E-state index is 2.89. The van der Waals surface area contributed by atoms with Gasteiger partial charge in [-0.1, -0.05) is 153 Å². The van der Waals surface area contributed by atoms with Gasteiger partial charge in [-0.2, -0.15) is 0 Å². The first kappa shape index (κ1) is 52.3. The van der Waals surface area contributed by atoms with Crippen LogP contribution in [0, 0.1) is 0 Å². The molecule has 3 nitrogen and oxygen atoms in total. The second kappa shape index (κ2) is 16.0. The molecule has 6 aliphatic carbocycles. The van der Waals surface area contributed by atoms with Gasteiger partial charge >= 0.3 is 0 Å². The zero-order chi connectivity index (χ0) is 57.2. The SMILES string of the molecule is CC1(C)CCC(C)(C)c2cc(N3c4cc5c(cc4B4c6c3cc(N3c7ccccc7C7(C)CCCCC37C)cc6N(c3ccc6c(c3)C(C)(C)CCC6(C)C)c3sc6cc7c(cc6c34)C3(C)CCC7(C)C3)C(C)(C)CCC5(C)C)ccc21. The molecule has 6 aromatic carbocycles. The zero-order valence-corrected chi connectivity index (χ0v) is 53.6. The molecule has 0 N–H and O–H groups in total. The summed E-state index contributed by atoms with van der Waals surface area (Å²) in [5.41, 5.74) is 28.6. The highest BCUT2D eigenvalue weighted by Crippen LogP contribution is 2.65. The lowest BCUT2D eigenvalue weighted by molar-refractivity contribution is 0.195. The Hall–Kier alpha value is -5.26. The standard InChI is InChI=1S/C77H90BN3S/c1-68(2)29-31-70(5,6)53-37-46(23-25-50(53)68)79-61-43-56-55(72(9,10)33-34-73(56,11)12)42-59(61)78-65-49-41-57-58(75(14)36-35-74(57,13)45-75)44-64(49)82-67(65)80(47-24-26-51-54(38-47)71(7,8)32-30-69(51,3)4)63-40-48(39-62(79)66(63)78)81-60-22-18-17-21-52(60)76(15)27-19-20-28-77(76,81)16/h17-18,21-26,37-44H,19-20,27-36,45H2,1-16H3. The number of para-hydroxylation sites is 1. The Bertz CT molecular complexity index is 3990. The van der Waals surface area contributed by atoms with Crippen molar-refractivity contribution in [3.8, 4) is 0 Å². The maximum absolute atomic E-state index is 2.89. The summed E-state index contributed by atoms with van der Waals surface area (Å²) < 4.78 is 1.46. The van der Waals surface area contributed by atoms with E-state index in [1.165, 1.54) is 182 Å². The van der Waals surface area contributed by atoms with Gasteiger partial charge in [-0.25, -0.2) is 0 Å². The molecular formula is C77H90BN3S. The van der Waals surface area contributed by atoms with E-state index in [1.54, 1.807) is 16.7 Å². The van der Waals surface area contributed by atoms with E-state index < -0.39 is 0 Å². The molecule has 2 fully saturated rings. The largest absolute Gasteiger partial charge is 0.334 e. The van der Waals surface area contributed by atoms with Gasteiger partial charge in [0.15, 0.2) is 0 Å². The fraction of sp³-hybridized carbons (Fsp3) is 0.506. The van der Waals surface area contributed by atoms with Gasteiger partial charge in [0.25, 0.3) is 6.71 Å². The number of nitrogens with zero attached hydrogens (tertiary/aromatic N) is 3. The number of hydrogen-bond acceptors (Lipinski definition) is 4. The maximum Gasteiger partial charge on any atom is 0.254 e. The van der Waals surface area contributed by atoms with Crippen molar-refractivity contribution in [2.24, 2.45) is 0 Å². The van der Waals surface area contributed by atoms with Gasteiger partial charge in [-0.15, -0.1) is 11.3 Å². The Kier molecular flexibility index (Phi) is 10.2. The van der Waals surface area contributed by atoms with Crippen molar-refractivity contribution < 1.29 is 0 Å². The fourth-order valence-electron chi connectivity index (χ4n) is 19.9. The molecule has 3 aliphatic heterocycles. The van der Waals surface area contributed by atoms with Crippen LogP contribution < -0.4 is 31.1 Å². The van der Waals surface area contributed by atoms with Crippen LogP contribution in [0.2, 0.25) is 0 Å². The number of benzene rings is 6. The number of rotatable bonds is 3. The van der Waals surface area contributed by atoms with E-state index in [-0.39, 0.29) is 61.0 Å². The summed E-state index contributed by atoms with van der Waals surface area (Å²) in [6, 6.07) is 41.7. The van der Waals surface area contributed by atoms with E-state index >= 15 is 0 Å². The van der Waals surface area contributed by atoms with Crippen molar-refractivity contribution in [3.05, 3.63) is 147 Å². The summed E-state index contributed by atoms with van der Waals surface area (Å²) in [6.45, 7) is 40.7. The van der Waals surface area contributed by atoms with Gasteiger partial charge in [0, 0.05) is 49.9 Å². The number of hydrogen-bond donors (Lipinski definition) is 0. The van der Waals surface area contributed by atoms with Crippen molar-refractivity contribution in [2.75, 3.05) is 14.7 Å². The van der Waals surface area contributed by atoms with Gasteiger partial charge in [-0.05, 0) is 253 Å². The monoisotopic (exact) mass is 1100 g/mol. The van der Waals surface area contributed by atoms with Gasteiger partial charge in [0.2, 0.25) is 0 Å². The molecule has 0 radical (unpaired) electrons. The molecule has 0 spiro atoms. The highest BCUT2D eigenvalue weighted by Gasteiger charge is 2.59. The molecule has 0 amide bonds. The minimum absolute atomic E-state index is 0.0143. The molecule has 5 heteroatoms. The number of fused-ring (bicyclic) bond motifs is 17. The topological polar surface area (TPSA) is 9.72 Å². The Balaban J connectivity index is 1.07. The van der Waals surface area contributed by atoms with Crippen LogP contribution in [0.1, 0.15) is 244 Å². The summed E-state index contributed by atoms with van der Waals surface area (Å²) >= 11 is 2.10. The third kappa shape index (κ3) is 6.62. The molecule has 9 aliphatic rings. The summed E-state index contributed by atoms with van der Waals surface area (Å²) in [5.74, 6) is 0. The lowest BCUT2D eigenvalue weighted by Crippen LogP contribution is -2.61. The lowest BCUT2D eigenvalue weighted by Gasteiger charge is -2.51. The molecule has 7 aromatic rings. The second-order valence-electron chi connectivity index (χ2n) is 33.4. The molecule has 4 unspecified atom stereocenters. The normalized spacial score (nSPS) is 29.0. The first-order valence-electron chi connectivity index (χ1n) is 32.3. The van der Waals surface area contributed by atoms with E-state index in [9.17, 15) is 0 Å². The van der Waals surface area contributed by atoms with Crippen LogP contribution in [0.25, 0.3) is 10.1 Å². The van der Waals surface area contributed by atoms with Crippen molar-refractivity contribution in [1.82, 2.24) is 0 Å². The van der Waals surface area contributed by atoms with Crippen molar-refractivity contribution >= 4 is 89.3 Å². The first-order chi connectivity index (χ1) is 38.5. The average molecular weight is 1100 g/mol. The van der Waals surface area contributed by atoms with Gasteiger partial charge in [-0.3, -0.25) is 0 Å². The van der Waals surface area contributed by atoms with Gasteiger partial charge < -0.3 is 14.7 Å². The van der Waals surface area contributed by atoms with Crippen LogP contribution in [-0.4, -0.2) is 12.3 Å². The third-order valence-corrected chi connectivity index (χ3v) is 26.7. The molecule has 422 valence electrons. The molecule has 1 aromatic heterocycles. The van der Waals surface area contributed by atoms with Crippen molar-refractivity contribution in [2.45, 2.75) is 249 Å². The third-order valence-electron chi connectivity index (χ3n) is 25.6. The Labute approximate surface area is 496 Å². The highest BCUT2D eigenvalue weighted by molar-refractivity contribution is 7.26. The molecule has 16 rings (SSSR count). The smallest absolute Gasteiger partial charge is 0.254 e. The molecule has 4 atom stereocenters. The van der Waals surface area contributed by atoms with Crippen LogP contribution in [0.3, 0.4) is 0 Å². The molecule has 2 bridgehead atoms. The Morgan fingerprint density at radius 2 is 0.878 bits per heavy atom. The van der Waals surface area contributed by atoms with Gasteiger partial charge in [0.05, 0.1) is 10.5 Å². The predicted molar refractivity (Wildman–Crippen MR) is 353 cm³/mol. The van der Waals surface area contributed by atoms with Crippen molar-refractivity contribution in [3.63, 3.8) is 0 Å². The zero-order valence-electron chi connectivity index (χ0n) is 52.8. The van der Waals surface area contributed by atoms with E-state index in [2.05, 4.69) is 234 Å². The van der Waals surface area contributed by atoms with Crippen LogP contribution in [0.15, 0.2) is 97.1 Å². The van der Waals surface area contributed by atoms with Crippen LogP contribution >= 0.6 is 11.3 Å². The first-order valence-corrected chi connectivity index (χ1v) is 33.1. The Morgan fingerprint density at radius 1 is 0.378 bits per heavy atom.